The molecule has 0 bridgehead atoms. The van der Waals surface area contributed by atoms with E-state index in [0.29, 0.717) is 23.3 Å². The molecule has 1 aromatic heterocycles. The second kappa shape index (κ2) is 10.1. The number of nitrogens with one attached hydrogen (secondary N) is 2. The number of ether oxygens (including phenoxy) is 1. The van der Waals surface area contributed by atoms with Crippen molar-refractivity contribution in [1.82, 2.24) is 14.9 Å². The Labute approximate surface area is 204 Å². The number of amides is 2. The fourth-order valence-corrected chi connectivity index (χ4v) is 4.79. The first kappa shape index (κ1) is 22.8. The van der Waals surface area contributed by atoms with Crippen molar-refractivity contribution in [3.63, 3.8) is 0 Å². The molecule has 1 aliphatic rings. The first-order valence-electron chi connectivity index (χ1n) is 11.8. The van der Waals surface area contributed by atoms with Gasteiger partial charge < -0.3 is 19.9 Å². The molecule has 4 aromatic rings. The zero-order valence-corrected chi connectivity index (χ0v) is 19.7. The highest BCUT2D eigenvalue weighted by Gasteiger charge is 2.25. The van der Waals surface area contributed by atoms with Gasteiger partial charge in [-0.3, -0.25) is 9.59 Å². The summed E-state index contributed by atoms with van der Waals surface area (Å²) in [6.45, 7) is 0.617. The smallest absolute Gasteiger partial charge is 0.254 e. The van der Waals surface area contributed by atoms with E-state index < -0.39 is 0 Å². The summed E-state index contributed by atoms with van der Waals surface area (Å²) in [6.07, 6.45) is 4.39. The number of imidazole rings is 1. The molecule has 0 spiro atoms. The van der Waals surface area contributed by atoms with Gasteiger partial charge in [0, 0.05) is 19.3 Å². The number of anilines is 1. The Morgan fingerprint density at radius 3 is 2.71 bits per heavy atom. The lowest BCUT2D eigenvalue weighted by Gasteiger charge is -2.16. The van der Waals surface area contributed by atoms with E-state index >= 15 is 0 Å². The Morgan fingerprint density at radius 1 is 1.09 bits per heavy atom. The Bertz CT molecular complexity index is 1360. The standard InChI is InChI=1S/C28H28N4O3/c1-35-17-26(33)30-21-15-23(28(34)31-24-12-11-20-9-5-6-10-22(20)24)27-25(16-21)29-18-32(27)14-13-19-7-3-2-4-8-19/h2-10,15-16,18,24H,11-14,17H2,1H3,(H,30,33)(H,31,34). The van der Waals surface area contributed by atoms with Gasteiger partial charge in [0.25, 0.3) is 5.91 Å². The number of hydrogen-bond acceptors (Lipinski definition) is 4. The molecule has 1 heterocycles. The molecule has 3 aromatic carbocycles. The molecule has 0 saturated carbocycles. The topological polar surface area (TPSA) is 85.2 Å². The predicted molar refractivity (Wildman–Crippen MR) is 135 cm³/mol. The fourth-order valence-electron chi connectivity index (χ4n) is 4.79. The van der Waals surface area contributed by atoms with E-state index in [1.165, 1.54) is 23.8 Å². The van der Waals surface area contributed by atoms with Gasteiger partial charge in [0.1, 0.15) is 6.61 Å². The van der Waals surface area contributed by atoms with Gasteiger partial charge >= 0.3 is 0 Å². The van der Waals surface area contributed by atoms with Crippen molar-refractivity contribution in [3.8, 4) is 0 Å². The highest BCUT2D eigenvalue weighted by atomic mass is 16.5. The number of carbonyl (C=O) groups excluding carboxylic acids is 2. The summed E-state index contributed by atoms with van der Waals surface area (Å²) in [5, 5.41) is 6.04. The summed E-state index contributed by atoms with van der Waals surface area (Å²) in [4.78, 5) is 30.3. The van der Waals surface area contributed by atoms with E-state index in [1.54, 1.807) is 18.5 Å². The van der Waals surface area contributed by atoms with Crippen LogP contribution in [0.3, 0.4) is 0 Å². The largest absolute Gasteiger partial charge is 0.375 e. The minimum absolute atomic E-state index is 0.0406. The van der Waals surface area contributed by atoms with Crippen molar-refractivity contribution in [3.05, 3.63) is 95.3 Å². The van der Waals surface area contributed by atoms with Crippen LogP contribution >= 0.6 is 0 Å². The number of carbonyl (C=O) groups is 2. The van der Waals surface area contributed by atoms with Crippen molar-refractivity contribution in [2.75, 3.05) is 19.0 Å². The first-order chi connectivity index (χ1) is 17.1. The normalized spacial score (nSPS) is 14.6. The average molecular weight is 469 g/mol. The Hall–Kier alpha value is -3.97. The summed E-state index contributed by atoms with van der Waals surface area (Å²) >= 11 is 0. The number of aryl methyl sites for hydroxylation is 3. The van der Waals surface area contributed by atoms with Crippen molar-refractivity contribution in [2.45, 2.75) is 31.8 Å². The molecule has 0 aliphatic heterocycles. The number of aromatic nitrogens is 2. The maximum atomic E-state index is 13.6. The monoisotopic (exact) mass is 468 g/mol. The third kappa shape index (κ3) is 4.95. The highest BCUT2D eigenvalue weighted by molar-refractivity contribution is 6.07. The SMILES string of the molecule is COCC(=O)Nc1cc(C(=O)NC2CCc3ccccc32)c2c(c1)ncn2CCc1ccccc1. The van der Waals surface area contributed by atoms with Crippen LogP contribution in [0, 0.1) is 0 Å². The number of fused-ring (bicyclic) bond motifs is 2. The van der Waals surface area contributed by atoms with Gasteiger partial charge in [0.2, 0.25) is 5.91 Å². The first-order valence-corrected chi connectivity index (χ1v) is 11.8. The molecule has 1 unspecified atom stereocenters. The molecule has 2 N–H and O–H groups in total. The third-order valence-electron chi connectivity index (χ3n) is 6.44. The molecule has 7 nitrogen and oxygen atoms in total. The number of methoxy groups -OCH3 is 1. The number of nitrogens with zero attached hydrogens (tertiary/aromatic N) is 2. The van der Waals surface area contributed by atoms with Crippen molar-refractivity contribution < 1.29 is 14.3 Å². The van der Waals surface area contributed by atoms with Crippen LogP contribution in [0.1, 0.15) is 39.5 Å². The van der Waals surface area contributed by atoms with E-state index in [0.717, 1.165) is 24.8 Å². The van der Waals surface area contributed by atoms with E-state index in [9.17, 15) is 9.59 Å². The second-order valence-electron chi connectivity index (χ2n) is 8.81. The lowest BCUT2D eigenvalue weighted by Crippen LogP contribution is -2.28. The Morgan fingerprint density at radius 2 is 1.89 bits per heavy atom. The molecule has 0 radical (unpaired) electrons. The second-order valence-corrected chi connectivity index (χ2v) is 8.81. The van der Waals surface area contributed by atoms with E-state index in [2.05, 4.69) is 39.9 Å². The van der Waals surface area contributed by atoms with Crippen LogP contribution in [-0.2, 0) is 28.9 Å². The van der Waals surface area contributed by atoms with E-state index in [1.807, 2.05) is 34.9 Å². The van der Waals surface area contributed by atoms with Gasteiger partial charge in [-0.2, -0.15) is 0 Å². The highest BCUT2D eigenvalue weighted by Crippen LogP contribution is 2.32. The number of rotatable bonds is 8. The van der Waals surface area contributed by atoms with E-state index in [4.69, 9.17) is 4.74 Å². The minimum atomic E-state index is -0.286. The summed E-state index contributed by atoms with van der Waals surface area (Å²) in [5.41, 5.74) is 6.08. The number of benzene rings is 3. The molecule has 7 heteroatoms. The molecule has 35 heavy (non-hydrogen) atoms. The summed E-state index contributed by atoms with van der Waals surface area (Å²) < 4.78 is 6.94. The van der Waals surface area contributed by atoms with Crippen molar-refractivity contribution in [2.24, 2.45) is 0 Å². The van der Waals surface area contributed by atoms with E-state index in [-0.39, 0.29) is 24.5 Å². The van der Waals surface area contributed by atoms with Gasteiger partial charge in [-0.1, -0.05) is 54.6 Å². The maximum Gasteiger partial charge on any atom is 0.254 e. The quantitative estimate of drug-likeness (QED) is 0.404. The van der Waals surface area contributed by atoms with Crippen LogP contribution in [0.25, 0.3) is 11.0 Å². The van der Waals surface area contributed by atoms with Crippen molar-refractivity contribution in [1.29, 1.82) is 0 Å². The predicted octanol–water partition coefficient (Wildman–Crippen LogP) is 4.28. The molecule has 0 saturated heterocycles. The Balaban J connectivity index is 1.47. The zero-order valence-electron chi connectivity index (χ0n) is 19.7. The zero-order chi connectivity index (χ0) is 24.2. The molecular formula is C28H28N4O3. The van der Waals surface area contributed by atoms with Gasteiger partial charge in [-0.05, 0) is 48.1 Å². The van der Waals surface area contributed by atoms with Crippen LogP contribution in [-0.4, -0.2) is 35.1 Å². The maximum absolute atomic E-state index is 13.6. The molecule has 178 valence electrons. The molecule has 2 amide bonds. The molecule has 5 rings (SSSR count). The lowest BCUT2D eigenvalue weighted by molar-refractivity contribution is -0.119. The summed E-state index contributed by atoms with van der Waals surface area (Å²) in [6, 6.07) is 21.9. The minimum Gasteiger partial charge on any atom is -0.375 e. The summed E-state index contributed by atoms with van der Waals surface area (Å²) in [5.74, 6) is -0.465. The van der Waals surface area contributed by atoms with Crippen LogP contribution in [0.2, 0.25) is 0 Å². The Kier molecular flexibility index (Phi) is 6.59. The fraction of sp³-hybridized carbons (Fsp3) is 0.250. The van der Waals surface area contributed by atoms with Crippen LogP contribution in [0.5, 0.6) is 0 Å². The third-order valence-corrected chi connectivity index (χ3v) is 6.44. The van der Waals surface area contributed by atoms with Gasteiger partial charge in [-0.15, -0.1) is 0 Å². The van der Waals surface area contributed by atoms with Crippen molar-refractivity contribution >= 4 is 28.5 Å². The van der Waals surface area contributed by atoms with Crippen LogP contribution in [0.15, 0.2) is 73.1 Å². The summed E-state index contributed by atoms with van der Waals surface area (Å²) in [7, 11) is 1.47. The molecule has 1 atom stereocenters. The van der Waals surface area contributed by atoms with Crippen LogP contribution < -0.4 is 10.6 Å². The lowest BCUT2D eigenvalue weighted by atomic mass is 10.1. The number of hydrogen-bond donors (Lipinski definition) is 2. The van der Waals surface area contributed by atoms with Gasteiger partial charge in [-0.25, -0.2) is 4.98 Å². The molecule has 1 aliphatic carbocycles. The molecular weight excluding hydrogens is 440 g/mol. The van der Waals surface area contributed by atoms with Gasteiger partial charge in [0.05, 0.1) is 29.0 Å². The van der Waals surface area contributed by atoms with Crippen LogP contribution in [0.4, 0.5) is 5.69 Å². The average Bonchev–Trinajstić information content (AvgIpc) is 3.47. The molecule has 0 fully saturated rings. The van der Waals surface area contributed by atoms with Gasteiger partial charge in [0.15, 0.2) is 0 Å².